The van der Waals surface area contributed by atoms with Gasteiger partial charge in [0.05, 0.1) is 19.0 Å². The topological polar surface area (TPSA) is 94.1 Å². The van der Waals surface area contributed by atoms with E-state index in [4.69, 9.17) is 20.6 Å². The van der Waals surface area contributed by atoms with Crippen LogP contribution in [0.15, 0.2) is 12.4 Å². The highest BCUT2D eigenvalue weighted by atomic mass is 16.5. The van der Waals surface area contributed by atoms with Crippen molar-refractivity contribution < 1.29 is 9.47 Å². The van der Waals surface area contributed by atoms with Crippen LogP contribution >= 0.6 is 0 Å². The molecular weight excluding hydrogens is 208 g/mol. The quantitative estimate of drug-likeness (QED) is 0.401. The average Bonchev–Trinajstić information content (AvgIpc) is 2.29. The predicted molar refractivity (Wildman–Crippen MR) is 59.7 cm³/mol. The third-order valence-corrected chi connectivity index (χ3v) is 1.73. The van der Waals surface area contributed by atoms with Crippen LogP contribution in [0, 0.1) is 5.41 Å². The molecule has 0 saturated heterocycles. The lowest BCUT2D eigenvalue weighted by Gasteiger charge is -2.05. The maximum absolute atomic E-state index is 7.13. The van der Waals surface area contributed by atoms with Gasteiger partial charge in [0.2, 0.25) is 5.88 Å². The number of nitrogens with one attached hydrogen (secondary N) is 1. The summed E-state index contributed by atoms with van der Waals surface area (Å²) < 4.78 is 10.5. The number of nitrogens with two attached hydrogens (primary N) is 1. The number of amidine groups is 1. The number of ether oxygens (including phenoxy) is 2. The molecule has 1 aromatic heterocycles. The SMILES string of the molecule is CCCOCCOc1cnc(C(=N)N)cn1. The zero-order valence-electron chi connectivity index (χ0n) is 9.27. The Balaban J connectivity index is 2.29. The van der Waals surface area contributed by atoms with Gasteiger partial charge < -0.3 is 15.2 Å². The van der Waals surface area contributed by atoms with Crippen LogP contribution in [0.25, 0.3) is 0 Å². The van der Waals surface area contributed by atoms with Gasteiger partial charge in [-0.25, -0.2) is 9.97 Å². The van der Waals surface area contributed by atoms with Crippen molar-refractivity contribution in [2.75, 3.05) is 19.8 Å². The van der Waals surface area contributed by atoms with Gasteiger partial charge in [-0.2, -0.15) is 0 Å². The largest absolute Gasteiger partial charge is 0.474 e. The molecule has 0 unspecified atom stereocenters. The van der Waals surface area contributed by atoms with E-state index >= 15 is 0 Å². The molecule has 1 aromatic rings. The molecule has 0 aliphatic rings. The van der Waals surface area contributed by atoms with Crippen molar-refractivity contribution in [3.63, 3.8) is 0 Å². The number of nitrogen functional groups attached to an aromatic ring is 1. The second-order valence-electron chi connectivity index (χ2n) is 3.11. The number of hydrogen-bond donors (Lipinski definition) is 2. The Kier molecular flexibility index (Phi) is 5.21. The highest BCUT2D eigenvalue weighted by Crippen LogP contribution is 2.03. The smallest absolute Gasteiger partial charge is 0.232 e. The first kappa shape index (κ1) is 12.4. The van der Waals surface area contributed by atoms with Gasteiger partial charge >= 0.3 is 0 Å². The van der Waals surface area contributed by atoms with Gasteiger partial charge in [-0.05, 0) is 6.42 Å². The molecule has 16 heavy (non-hydrogen) atoms. The van der Waals surface area contributed by atoms with Gasteiger partial charge in [-0.1, -0.05) is 6.92 Å². The van der Waals surface area contributed by atoms with Gasteiger partial charge in [-0.3, -0.25) is 5.41 Å². The molecule has 0 aliphatic heterocycles. The highest BCUT2D eigenvalue weighted by Gasteiger charge is 2.00. The molecule has 0 radical (unpaired) electrons. The Bertz CT molecular complexity index is 326. The summed E-state index contributed by atoms with van der Waals surface area (Å²) in [6.07, 6.45) is 3.84. The van der Waals surface area contributed by atoms with Crippen LogP contribution in [0.4, 0.5) is 0 Å². The molecule has 0 fully saturated rings. The van der Waals surface area contributed by atoms with Crippen molar-refractivity contribution in [2.24, 2.45) is 5.73 Å². The van der Waals surface area contributed by atoms with Crippen molar-refractivity contribution in [1.82, 2.24) is 9.97 Å². The third kappa shape index (κ3) is 4.22. The molecule has 0 atom stereocenters. The molecule has 0 aromatic carbocycles. The fourth-order valence-electron chi connectivity index (χ4n) is 0.981. The molecule has 0 saturated carbocycles. The predicted octanol–water partition coefficient (Wildman–Crippen LogP) is 0.566. The summed E-state index contributed by atoms with van der Waals surface area (Å²) in [7, 11) is 0. The van der Waals surface area contributed by atoms with Crippen LogP contribution in [0.2, 0.25) is 0 Å². The molecule has 0 spiro atoms. The van der Waals surface area contributed by atoms with Crippen LogP contribution < -0.4 is 10.5 Å². The van der Waals surface area contributed by atoms with Crippen molar-refractivity contribution in [3.8, 4) is 5.88 Å². The van der Waals surface area contributed by atoms with Crippen LogP contribution in [0.5, 0.6) is 5.88 Å². The Morgan fingerprint density at radius 3 is 2.69 bits per heavy atom. The molecule has 6 nitrogen and oxygen atoms in total. The zero-order chi connectivity index (χ0) is 11.8. The molecule has 6 heteroatoms. The van der Waals surface area contributed by atoms with E-state index in [0.29, 0.717) is 24.8 Å². The minimum atomic E-state index is -0.106. The van der Waals surface area contributed by atoms with Gasteiger partial charge in [-0.15, -0.1) is 0 Å². The summed E-state index contributed by atoms with van der Waals surface area (Å²) in [6, 6.07) is 0. The van der Waals surface area contributed by atoms with E-state index < -0.39 is 0 Å². The number of aromatic nitrogens is 2. The summed E-state index contributed by atoms with van der Waals surface area (Å²) in [6.45, 7) is 3.75. The minimum Gasteiger partial charge on any atom is -0.474 e. The standard InChI is InChI=1S/C10H16N4O2/c1-2-3-15-4-5-16-9-7-13-8(6-14-9)10(11)12/h6-7H,2-5H2,1H3,(H3,11,12). The number of hydrogen-bond acceptors (Lipinski definition) is 5. The fourth-order valence-corrected chi connectivity index (χ4v) is 0.981. The van der Waals surface area contributed by atoms with Gasteiger partial charge in [0, 0.05) is 6.61 Å². The summed E-state index contributed by atoms with van der Waals surface area (Å²) in [5, 5.41) is 7.13. The Hall–Kier alpha value is -1.69. The van der Waals surface area contributed by atoms with E-state index in [9.17, 15) is 0 Å². The van der Waals surface area contributed by atoms with Crippen LogP contribution in [0.3, 0.4) is 0 Å². The summed E-state index contributed by atoms with van der Waals surface area (Å²) >= 11 is 0. The Morgan fingerprint density at radius 1 is 1.31 bits per heavy atom. The molecule has 0 bridgehead atoms. The van der Waals surface area contributed by atoms with Crippen LogP contribution in [-0.4, -0.2) is 35.6 Å². The highest BCUT2D eigenvalue weighted by molar-refractivity contribution is 5.92. The van der Waals surface area contributed by atoms with Crippen LogP contribution in [-0.2, 0) is 4.74 Å². The molecule has 88 valence electrons. The lowest BCUT2D eigenvalue weighted by atomic mass is 10.4. The summed E-state index contributed by atoms with van der Waals surface area (Å²) in [4.78, 5) is 7.87. The molecule has 3 N–H and O–H groups in total. The maximum Gasteiger partial charge on any atom is 0.232 e. The second-order valence-corrected chi connectivity index (χ2v) is 3.11. The fraction of sp³-hybridized carbons (Fsp3) is 0.500. The van der Waals surface area contributed by atoms with Crippen LogP contribution in [0.1, 0.15) is 19.0 Å². The van der Waals surface area contributed by atoms with Gasteiger partial charge in [0.1, 0.15) is 18.1 Å². The van der Waals surface area contributed by atoms with Gasteiger partial charge in [0.15, 0.2) is 0 Å². The first-order chi connectivity index (χ1) is 7.74. The second kappa shape index (κ2) is 6.73. The van der Waals surface area contributed by atoms with Gasteiger partial charge in [0.25, 0.3) is 0 Å². The molecule has 1 heterocycles. The number of nitrogens with zero attached hydrogens (tertiary/aromatic N) is 2. The van der Waals surface area contributed by atoms with E-state index in [1.165, 1.54) is 12.4 Å². The molecule has 1 rings (SSSR count). The zero-order valence-corrected chi connectivity index (χ0v) is 9.27. The molecular formula is C10H16N4O2. The van der Waals surface area contributed by atoms with Crippen molar-refractivity contribution in [1.29, 1.82) is 5.41 Å². The summed E-state index contributed by atoms with van der Waals surface area (Å²) in [5.41, 5.74) is 5.58. The van der Waals surface area contributed by atoms with E-state index in [1.807, 2.05) is 6.92 Å². The summed E-state index contributed by atoms with van der Waals surface area (Å²) in [5.74, 6) is 0.301. The maximum atomic E-state index is 7.13. The molecule has 0 aliphatic carbocycles. The molecule has 0 amide bonds. The third-order valence-electron chi connectivity index (χ3n) is 1.73. The monoisotopic (exact) mass is 224 g/mol. The first-order valence-electron chi connectivity index (χ1n) is 5.11. The number of rotatable bonds is 7. The lowest BCUT2D eigenvalue weighted by molar-refractivity contribution is 0.0988. The normalized spacial score (nSPS) is 10.1. The Morgan fingerprint density at radius 2 is 2.12 bits per heavy atom. The van der Waals surface area contributed by atoms with E-state index in [0.717, 1.165) is 13.0 Å². The van der Waals surface area contributed by atoms with E-state index in [2.05, 4.69) is 9.97 Å². The lowest BCUT2D eigenvalue weighted by Crippen LogP contribution is -2.14. The van der Waals surface area contributed by atoms with Crippen molar-refractivity contribution in [3.05, 3.63) is 18.1 Å². The minimum absolute atomic E-state index is 0.106. The van der Waals surface area contributed by atoms with Crippen molar-refractivity contribution in [2.45, 2.75) is 13.3 Å². The first-order valence-corrected chi connectivity index (χ1v) is 5.11. The average molecular weight is 224 g/mol. The van der Waals surface area contributed by atoms with E-state index in [1.54, 1.807) is 0 Å². The van der Waals surface area contributed by atoms with Crippen molar-refractivity contribution >= 4 is 5.84 Å². The Labute approximate surface area is 94.3 Å². The van der Waals surface area contributed by atoms with E-state index in [-0.39, 0.29) is 5.84 Å².